The van der Waals surface area contributed by atoms with Gasteiger partial charge in [0.15, 0.2) is 0 Å². The lowest BCUT2D eigenvalue weighted by Gasteiger charge is -2.40. The van der Waals surface area contributed by atoms with Gasteiger partial charge < -0.3 is 14.5 Å². The second kappa shape index (κ2) is 6.35. The predicted octanol–water partition coefficient (Wildman–Crippen LogP) is 1.41. The Hall–Kier alpha value is -2.92. The summed E-state index contributed by atoms with van der Waals surface area (Å²) in [6, 6.07) is 4.41. The summed E-state index contributed by atoms with van der Waals surface area (Å²) in [6.45, 7) is 3.50. The molecule has 0 atom stereocenters. The highest BCUT2D eigenvalue weighted by molar-refractivity contribution is 5.95. The predicted molar refractivity (Wildman–Crippen MR) is 97.4 cm³/mol. The first-order valence-electron chi connectivity index (χ1n) is 9.33. The van der Waals surface area contributed by atoms with Gasteiger partial charge in [0.05, 0.1) is 42.4 Å². The molecule has 0 aliphatic carbocycles. The van der Waals surface area contributed by atoms with Gasteiger partial charge in [-0.15, -0.1) is 0 Å². The van der Waals surface area contributed by atoms with E-state index in [4.69, 9.17) is 9.72 Å². The van der Waals surface area contributed by atoms with Gasteiger partial charge in [0.25, 0.3) is 0 Å². The van der Waals surface area contributed by atoms with Crippen molar-refractivity contribution in [3.05, 3.63) is 35.3 Å². The number of amides is 1. The standard InChI is InChI=1S/C19H20N6O2/c20-7-13-6-14-12-27-5-3-17(14)22-19(13)23-9-16(10-23)25-11-15(8-21-25)24-4-1-2-18(24)26/h6,8,11,16H,1-5,9-10,12H2. The van der Waals surface area contributed by atoms with Crippen molar-refractivity contribution >= 4 is 17.4 Å². The number of hydrogen-bond donors (Lipinski definition) is 0. The lowest BCUT2D eigenvalue weighted by molar-refractivity contribution is -0.117. The number of carbonyl (C=O) groups excluding carboxylic acids is 1. The molecule has 5 heterocycles. The minimum Gasteiger partial charge on any atom is -0.376 e. The molecule has 138 valence electrons. The summed E-state index contributed by atoms with van der Waals surface area (Å²) < 4.78 is 7.39. The monoisotopic (exact) mass is 364 g/mol. The van der Waals surface area contributed by atoms with E-state index in [1.807, 2.05) is 16.9 Å². The smallest absolute Gasteiger partial charge is 0.227 e. The zero-order valence-electron chi connectivity index (χ0n) is 15.0. The van der Waals surface area contributed by atoms with E-state index in [9.17, 15) is 10.1 Å². The van der Waals surface area contributed by atoms with E-state index in [2.05, 4.69) is 16.1 Å². The number of nitrogens with zero attached hydrogens (tertiary/aromatic N) is 6. The third-order valence-electron chi connectivity index (χ3n) is 5.54. The van der Waals surface area contributed by atoms with Gasteiger partial charge in [-0.05, 0) is 12.5 Å². The molecular weight excluding hydrogens is 344 g/mol. The number of ether oxygens (including phenoxy) is 1. The van der Waals surface area contributed by atoms with E-state index in [-0.39, 0.29) is 11.9 Å². The Labute approximate surface area is 156 Å². The van der Waals surface area contributed by atoms with Gasteiger partial charge in [0, 0.05) is 44.2 Å². The van der Waals surface area contributed by atoms with Crippen LogP contribution in [0.5, 0.6) is 0 Å². The first kappa shape index (κ1) is 16.3. The number of anilines is 2. The Morgan fingerprint density at radius 3 is 2.96 bits per heavy atom. The minimum atomic E-state index is 0.172. The van der Waals surface area contributed by atoms with Crippen LogP contribution in [0.25, 0.3) is 0 Å². The van der Waals surface area contributed by atoms with Crippen LogP contribution in [0, 0.1) is 11.3 Å². The molecule has 0 bridgehead atoms. The number of carbonyl (C=O) groups is 1. The molecule has 5 rings (SSSR count). The van der Waals surface area contributed by atoms with Crippen LogP contribution in [0.4, 0.5) is 11.5 Å². The second-order valence-electron chi connectivity index (χ2n) is 7.27. The van der Waals surface area contributed by atoms with Crippen LogP contribution in [0.15, 0.2) is 18.5 Å². The average Bonchev–Trinajstić information content (AvgIpc) is 3.28. The number of nitriles is 1. The third kappa shape index (κ3) is 2.75. The van der Waals surface area contributed by atoms with Crippen molar-refractivity contribution in [2.24, 2.45) is 0 Å². The summed E-state index contributed by atoms with van der Waals surface area (Å²) in [4.78, 5) is 20.6. The fourth-order valence-corrected chi connectivity index (χ4v) is 3.98. The molecule has 0 saturated carbocycles. The summed E-state index contributed by atoms with van der Waals surface area (Å²) in [6.07, 6.45) is 6.04. The zero-order valence-corrected chi connectivity index (χ0v) is 15.0. The van der Waals surface area contributed by atoms with Crippen molar-refractivity contribution in [3.63, 3.8) is 0 Å². The molecule has 3 aliphatic rings. The SMILES string of the molecule is N#Cc1cc2c(nc1N1CC(n3cc(N4CCCC4=O)cn3)C1)CCOC2. The van der Waals surface area contributed by atoms with Gasteiger partial charge in [-0.1, -0.05) is 0 Å². The lowest BCUT2D eigenvalue weighted by atomic mass is 10.0. The summed E-state index contributed by atoms with van der Waals surface area (Å²) in [5.41, 5.74) is 3.53. The summed E-state index contributed by atoms with van der Waals surface area (Å²) >= 11 is 0. The molecule has 0 unspecified atom stereocenters. The highest BCUT2D eigenvalue weighted by Crippen LogP contribution is 2.32. The van der Waals surface area contributed by atoms with Crippen molar-refractivity contribution < 1.29 is 9.53 Å². The second-order valence-corrected chi connectivity index (χ2v) is 7.27. The number of fused-ring (bicyclic) bond motifs is 1. The first-order valence-corrected chi connectivity index (χ1v) is 9.33. The molecule has 0 N–H and O–H groups in total. The zero-order chi connectivity index (χ0) is 18.4. The summed E-state index contributed by atoms with van der Waals surface area (Å²) in [5.74, 6) is 0.933. The molecule has 8 heteroatoms. The van der Waals surface area contributed by atoms with E-state index in [0.29, 0.717) is 25.2 Å². The van der Waals surface area contributed by atoms with Crippen molar-refractivity contribution in [2.75, 3.05) is 36.0 Å². The van der Waals surface area contributed by atoms with Crippen molar-refractivity contribution in [3.8, 4) is 6.07 Å². The van der Waals surface area contributed by atoms with Gasteiger partial charge in [-0.3, -0.25) is 9.48 Å². The minimum absolute atomic E-state index is 0.172. The number of pyridine rings is 1. The fraction of sp³-hybridized carbons (Fsp3) is 0.474. The molecule has 2 aromatic heterocycles. The third-order valence-corrected chi connectivity index (χ3v) is 5.54. The van der Waals surface area contributed by atoms with Crippen LogP contribution in [-0.4, -0.2) is 46.9 Å². The van der Waals surface area contributed by atoms with Crippen LogP contribution in [0.3, 0.4) is 0 Å². The van der Waals surface area contributed by atoms with E-state index >= 15 is 0 Å². The quantitative estimate of drug-likeness (QED) is 0.818. The van der Waals surface area contributed by atoms with Gasteiger partial charge in [0.2, 0.25) is 5.91 Å². The fourth-order valence-electron chi connectivity index (χ4n) is 3.98. The van der Waals surface area contributed by atoms with E-state index in [0.717, 1.165) is 55.2 Å². The van der Waals surface area contributed by atoms with Gasteiger partial charge in [-0.2, -0.15) is 10.4 Å². The molecule has 2 saturated heterocycles. The van der Waals surface area contributed by atoms with Gasteiger partial charge in [-0.25, -0.2) is 4.98 Å². The highest BCUT2D eigenvalue weighted by atomic mass is 16.5. The maximum absolute atomic E-state index is 11.9. The maximum atomic E-state index is 11.9. The first-order chi connectivity index (χ1) is 13.2. The Kier molecular flexibility index (Phi) is 3.83. The number of hydrogen-bond acceptors (Lipinski definition) is 6. The Balaban J connectivity index is 1.32. The lowest BCUT2D eigenvalue weighted by Crippen LogP contribution is -2.48. The largest absolute Gasteiger partial charge is 0.376 e. The van der Waals surface area contributed by atoms with Gasteiger partial charge >= 0.3 is 0 Å². The van der Waals surface area contributed by atoms with Gasteiger partial charge in [0.1, 0.15) is 11.9 Å². The molecular formula is C19H20N6O2. The van der Waals surface area contributed by atoms with E-state index in [1.165, 1.54) is 0 Å². The van der Waals surface area contributed by atoms with Crippen LogP contribution in [0.2, 0.25) is 0 Å². The molecule has 1 amide bonds. The normalized spacial score (nSPS) is 19.7. The maximum Gasteiger partial charge on any atom is 0.227 e. The van der Waals surface area contributed by atoms with E-state index < -0.39 is 0 Å². The molecule has 2 fully saturated rings. The average molecular weight is 364 g/mol. The van der Waals surface area contributed by atoms with Crippen molar-refractivity contribution in [1.82, 2.24) is 14.8 Å². The molecule has 2 aromatic rings. The topological polar surface area (TPSA) is 87.3 Å². The summed E-state index contributed by atoms with van der Waals surface area (Å²) in [5, 5.41) is 14.0. The van der Waals surface area contributed by atoms with Crippen molar-refractivity contribution in [2.45, 2.75) is 31.9 Å². The highest BCUT2D eigenvalue weighted by Gasteiger charge is 2.33. The number of rotatable bonds is 3. The Morgan fingerprint density at radius 2 is 2.19 bits per heavy atom. The van der Waals surface area contributed by atoms with Crippen LogP contribution >= 0.6 is 0 Å². The van der Waals surface area contributed by atoms with Crippen molar-refractivity contribution in [1.29, 1.82) is 5.26 Å². The van der Waals surface area contributed by atoms with Crippen LogP contribution in [-0.2, 0) is 22.6 Å². The summed E-state index contributed by atoms with van der Waals surface area (Å²) in [7, 11) is 0. The Morgan fingerprint density at radius 1 is 1.30 bits per heavy atom. The molecule has 27 heavy (non-hydrogen) atoms. The van der Waals surface area contributed by atoms with Crippen LogP contribution < -0.4 is 9.80 Å². The Bertz CT molecular complexity index is 940. The van der Waals surface area contributed by atoms with E-state index in [1.54, 1.807) is 11.1 Å². The molecule has 0 aromatic carbocycles. The molecule has 8 nitrogen and oxygen atoms in total. The number of aromatic nitrogens is 3. The molecule has 3 aliphatic heterocycles. The molecule has 0 spiro atoms. The van der Waals surface area contributed by atoms with Crippen LogP contribution in [0.1, 0.15) is 35.7 Å². The molecule has 0 radical (unpaired) electrons.